The van der Waals surface area contributed by atoms with E-state index in [0.29, 0.717) is 45.8 Å². The molecule has 6 aromatic rings. The van der Waals surface area contributed by atoms with Crippen LogP contribution in [0, 0.1) is 0 Å². The van der Waals surface area contributed by atoms with Crippen molar-refractivity contribution in [2.45, 2.75) is 72.4 Å². The molecule has 0 saturated heterocycles. The summed E-state index contributed by atoms with van der Waals surface area (Å²) in [4.78, 5) is 23.8. The Bertz CT molecular complexity index is 2260. The van der Waals surface area contributed by atoms with E-state index in [2.05, 4.69) is 10.2 Å². The Labute approximate surface area is 341 Å². The number of benzene rings is 4. The molecule has 16 heteroatoms. The van der Waals surface area contributed by atoms with E-state index in [9.17, 15) is 41.0 Å². The van der Waals surface area contributed by atoms with E-state index in [-0.39, 0.29) is 65.9 Å². The Morgan fingerprint density at radius 1 is 0.661 bits per heavy atom. The Balaban J connectivity index is 0.000000367. The van der Waals surface area contributed by atoms with Gasteiger partial charge in [0, 0.05) is 22.9 Å². The number of carbonyl (C=O) groups is 2. The average Bonchev–Trinajstić information content (AvgIpc) is 3.70. The van der Waals surface area contributed by atoms with Crippen LogP contribution in [-0.4, -0.2) is 49.2 Å². The molecular formula is C40H41F6N4NaO5. The number of alkyl halides is 6. The zero-order valence-corrected chi connectivity index (χ0v) is 32.8. The van der Waals surface area contributed by atoms with Crippen LogP contribution < -0.4 is 29.6 Å². The summed E-state index contributed by atoms with van der Waals surface area (Å²) in [6.45, 7) is 7.72. The number of hydrogen-bond donors (Lipinski definition) is 1. The van der Waals surface area contributed by atoms with Gasteiger partial charge in [0.1, 0.15) is 0 Å². The minimum Gasteiger partial charge on any atom is -0.870 e. The number of carboxylic acid groups (broad SMARTS) is 1. The zero-order valence-electron chi connectivity index (χ0n) is 30.8. The van der Waals surface area contributed by atoms with Gasteiger partial charge in [-0.05, 0) is 99.2 Å². The van der Waals surface area contributed by atoms with Crippen molar-refractivity contribution in [3.63, 3.8) is 0 Å². The first kappa shape index (κ1) is 47.5. The molecule has 0 aliphatic carbocycles. The summed E-state index contributed by atoms with van der Waals surface area (Å²) in [6, 6.07) is 20.9. The van der Waals surface area contributed by atoms with E-state index in [1.54, 1.807) is 27.6 Å². The van der Waals surface area contributed by atoms with Crippen LogP contribution >= 0.6 is 0 Å². The monoisotopic (exact) mass is 794 g/mol. The summed E-state index contributed by atoms with van der Waals surface area (Å²) in [5, 5.41) is 19.3. The molecule has 294 valence electrons. The van der Waals surface area contributed by atoms with Crippen LogP contribution in [-0.2, 0) is 29.9 Å². The topological polar surface area (TPSA) is 129 Å². The van der Waals surface area contributed by atoms with Crippen molar-refractivity contribution >= 4 is 33.7 Å². The van der Waals surface area contributed by atoms with Crippen molar-refractivity contribution in [2.75, 3.05) is 7.11 Å². The van der Waals surface area contributed by atoms with Crippen molar-refractivity contribution < 1.29 is 80.8 Å². The van der Waals surface area contributed by atoms with Gasteiger partial charge in [0.15, 0.2) is 11.4 Å². The Morgan fingerprint density at radius 2 is 1.02 bits per heavy atom. The molecule has 0 radical (unpaired) electrons. The van der Waals surface area contributed by atoms with Gasteiger partial charge in [0.2, 0.25) is 0 Å². The minimum absolute atomic E-state index is 0. The van der Waals surface area contributed by atoms with Crippen LogP contribution in [0.15, 0.2) is 84.9 Å². The van der Waals surface area contributed by atoms with Gasteiger partial charge in [-0.25, -0.2) is 9.59 Å². The van der Waals surface area contributed by atoms with Gasteiger partial charge in [-0.15, -0.1) is 0 Å². The fourth-order valence-corrected chi connectivity index (χ4v) is 6.06. The van der Waals surface area contributed by atoms with E-state index < -0.39 is 35.4 Å². The first-order valence-corrected chi connectivity index (χ1v) is 16.5. The number of rotatable bonds is 8. The van der Waals surface area contributed by atoms with Crippen molar-refractivity contribution in [1.82, 2.24) is 19.6 Å². The van der Waals surface area contributed by atoms with Crippen molar-refractivity contribution in [3.8, 4) is 0 Å². The van der Waals surface area contributed by atoms with Crippen LogP contribution in [0.5, 0.6) is 0 Å². The van der Waals surface area contributed by atoms with Crippen LogP contribution in [0.2, 0.25) is 0 Å². The third-order valence-electron chi connectivity index (χ3n) is 8.55. The number of aromatic carboxylic acids is 1. The van der Waals surface area contributed by atoms with Gasteiger partial charge >= 0.3 is 53.8 Å². The molecule has 2 N–H and O–H groups in total. The second-order valence-corrected chi connectivity index (χ2v) is 12.9. The fourth-order valence-electron chi connectivity index (χ4n) is 6.06. The number of fused-ring (bicyclic) bond motifs is 2. The molecule has 0 saturated carbocycles. The number of methoxy groups -OCH3 is 1. The summed E-state index contributed by atoms with van der Waals surface area (Å²) in [6.07, 6.45) is -8.05. The Hall–Kier alpha value is -4.70. The standard InChI is InChI=1S/C20H19F3N2O2.C19H17F3N2O2.CH4.Na.H2O/c1-12(2)25-16-6-4-5-14(17(16)18(24-25)19(26)27-3)11-13-7-9-15(10-8-13)20(21,22)23;1-11(2)24-15-5-3-4-13(16(15)17(23-24)18(25)26)10-12-6-8-14(9-7-12)19(20,21)22;;;/h4-10,12H,11H2,1-3H3;3-9,11H,10H2,1-2H3,(H,25,26);1H4;;1H2/q;;;+1;/p-1. The maximum absolute atomic E-state index is 12.8. The summed E-state index contributed by atoms with van der Waals surface area (Å²) in [5.41, 5.74) is 3.15. The zero-order chi connectivity index (χ0) is 38.8. The molecule has 0 spiro atoms. The number of hydrogen-bond acceptors (Lipinski definition) is 6. The van der Waals surface area contributed by atoms with Gasteiger partial charge in [-0.3, -0.25) is 9.36 Å². The molecule has 2 heterocycles. The van der Waals surface area contributed by atoms with Crippen molar-refractivity contribution in [1.29, 1.82) is 0 Å². The van der Waals surface area contributed by atoms with Crippen molar-refractivity contribution in [2.24, 2.45) is 0 Å². The van der Waals surface area contributed by atoms with Gasteiger partial charge in [0.25, 0.3) is 0 Å². The number of esters is 1. The third-order valence-corrected chi connectivity index (χ3v) is 8.55. The van der Waals surface area contributed by atoms with Gasteiger partial charge in [-0.2, -0.15) is 36.5 Å². The van der Waals surface area contributed by atoms with Crippen LogP contribution in [0.4, 0.5) is 26.3 Å². The molecule has 0 unspecified atom stereocenters. The van der Waals surface area contributed by atoms with Crippen molar-refractivity contribution in [3.05, 3.63) is 130 Å². The average molecular weight is 795 g/mol. The molecule has 6 rings (SSSR count). The van der Waals surface area contributed by atoms with Crippen LogP contribution in [0.25, 0.3) is 21.8 Å². The minimum atomic E-state index is -4.38. The smallest absolute Gasteiger partial charge is 0.870 e. The molecular weight excluding hydrogens is 753 g/mol. The first-order chi connectivity index (χ1) is 24.9. The van der Waals surface area contributed by atoms with Gasteiger partial charge in [0.05, 0.1) is 29.3 Å². The second kappa shape index (κ2) is 19.0. The molecule has 0 aliphatic rings. The Morgan fingerprint density at radius 3 is 1.34 bits per heavy atom. The summed E-state index contributed by atoms with van der Waals surface area (Å²) in [7, 11) is 1.29. The third kappa shape index (κ3) is 10.4. The number of aromatic nitrogens is 4. The Kier molecular flexibility index (Phi) is 16.1. The summed E-state index contributed by atoms with van der Waals surface area (Å²) < 4.78 is 84.6. The van der Waals surface area contributed by atoms with E-state index in [1.165, 1.54) is 31.4 Å². The number of halogens is 6. The normalized spacial score (nSPS) is 11.4. The number of carboxylic acids is 1. The second-order valence-electron chi connectivity index (χ2n) is 12.9. The fraction of sp³-hybridized carbons (Fsp3) is 0.300. The summed E-state index contributed by atoms with van der Waals surface area (Å²) >= 11 is 0. The first-order valence-electron chi connectivity index (χ1n) is 16.5. The molecule has 9 nitrogen and oxygen atoms in total. The van der Waals surface area contributed by atoms with E-state index in [1.807, 2.05) is 45.9 Å². The number of nitrogens with zero attached hydrogens (tertiary/aromatic N) is 4. The predicted octanol–water partition coefficient (Wildman–Crippen LogP) is 7.40. The van der Waals surface area contributed by atoms with E-state index in [0.717, 1.165) is 35.3 Å². The SMILES string of the molecule is C.CC(C)n1nc(C(=O)O)c2c(Cc3ccc(C(F)(F)F)cc3)cccc21.COC(=O)c1nn(C(C)C)c2cccc(Cc3ccc(C(F)(F)F)cc3)c12.[Na+].[OH-]. The molecule has 4 aromatic carbocycles. The molecule has 0 atom stereocenters. The number of carbonyl (C=O) groups excluding carboxylic acids is 1. The molecule has 0 aliphatic heterocycles. The molecule has 2 aromatic heterocycles. The quantitative estimate of drug-likeness (QED) is 0.0966. The van der Waals surface area contributed by atoms with Gasteiger partial charge < -0.3 is 15.3 Å². The van der Waals surface area contributed by atoms with Crippen LogP contribution in [0.1, 0.15) is 102 Å². The maximum atomic E-state index is 12.8. The molecule has 0 amide bonds. The largest absolute Gasteiger partial charge is 1.00 e. The predicted molar refractivity (Wildman–Crippen MR) is 196 cm³/mol. The summed E-state index contributed by atoms with van der Waals surface area (Å²) in [5.74, 6) is -1.67. The van der Waals surface area contributed by atoms with Gasteiger partial charge in [-0.1, -0.05) is 56.0 Å². The maximum Gasteiger partial charge on any atom is 1.00 e. The van der Waals surface area contributed by atoms with E-state index in [4.69, 9.17) is 4.74 Å². The van der Waals surface area contributed by atoms with Crippen LogP contribution in [0.3, 0.4) is 0 Å². The van der Waals surface area contributed by atoms with E-state index >= 15 is 0 Å². The number of ether oxygens (including phenoxy) is 1. The molecule has 0 fully saturated rings. The molecule has 0 bridgehead atoms. The molecule has 56 heavy (non-hydrogen) atoms.